The Labute approximate surface area is 119 Å². The molecule has 4 nitrogen and oxygen atoms in total. The third-order valence-electron chi connectivity index (χ3n) is 3.60. The summed E-state index contributed by atoms with van der Waals surface area (Å²) in [4.78, 5) is 13.3. The Bertz CT molecular complexity index is 608. The molecule has 0 aliphatic heterocycles. The van der Waals surface area contributed by atoms with E-state index in [-0.39, 0.29) is 11.0 Å². The highest BCUT2D eigenvalue weighted by Gasteiger charge is 2.28. The van der Waals surface area contributed by atoms with Gasteiger partial charge < -0.3 is 0 Å². The molecular formula is C14H21ClN4. The number of halogens is 1. The molecule has 0 amide bonds. The lowest BCUT2D eigenvalue weighted by atomic mass is 9.86. The molecule has 19 heavy (non-hydrogen) atoms. The quantitative estimate of drug-likeness (QED) is 0.783. The van der Waals surface area contributed by atoms with Gasteiger partial charge in [0.05, 0.1) is 5.69 Å². The zero-order valence-corrected chi connectivity index (χ0v) is 13.2. The molecule has 0 aromatic carbocycles. The number of nitrogens with zero attached hydrogens (tertiary/aromatic N) is 4. The van der Waals surface area contributed by atoms with Crippen molar-refractivity contribution in [1.82, 2.24) is 19.5 Å². The Hall–Kier alpha value is -1.16. The van der Waals surface area contributed by atoms with Crippen molar-refractivity contribution in [2.45, 2.75) is 58.9 Å². The Morgan fingerprint density at radius 1 is 1.16 bits per heavy atom. The molecule has 0 spiro atoms. The third-order valence-corrected chi connectivity index (χ3v) is 3.85. The summed E-state index contributed by atoms with van der Waals surface area (Å²) in [5, 5.41) is 0.469. The van der Waals surface area contributed by atoms with E-state index in [4.69, 9.17) is 11.6 Å². The van der Waals surface area contributed by atoms with E-state index in [1.165, 1.54) is 0 Å². The van der Waals surface area contributed by atoms with Crippen molar-refractivity contribution in [3.05, 3.63) is 17.3 Å². The van der Waals surface area contributed by atoms with Crippen molar-refractivity contribution >= 4 is 22.8 Å². The van der Waals surface area contributed by atoms with E-state index in [1.807, 2.05) is 4.57 Å². The molecule has 2 aromatic heterocycles. The summed E-state index contributed by atoms with van der Waals surface area (Å²) in [5.41, 5.74) is 2.39. The van der Waals surface area contributed by atoms with E-state index in [1.54, 1.807) is 6.33 Å². The number of hydrogen-bond donors (Lipinski definition) is 0. The monoisotopic (exact) mass is 280 g/mol. The minimum absolute atomic E-state index is 0.0401. The maximum absolute atomic E-state index is 6.30. The summed E-state index contributed by atoms with van der Waals surface area (Å²) in [6, 6.07) is 0. The summed E-state index contributed by atoms with van der Waals surface area (Å²) in [5.74, 6) is 0. The van der Waals surface area contributed by atoms with E-state index in [2.05, 4.69) is 56.5 Å². The van der Waals surface area contributed by atoms with Crippen LogP contribution in [-0.4, -0.2) is 19.5 Å². The van der Waals surface area contributed by atoms with Crippen LogP contribution in [0.15, 0.2) is 6.33 Å². The molecule has 5 heteroatoms. The van der Waals surface area contributed by atoms with Crippen molar-refractivity contribution in [1.29, 1.82) is 0 Å². The van der Waals surface area contributed by atoms with Crippen LogP contribution in [-0.2, 0) is 11.0 Å². The van der Waals surface area contributed by atoms with Gasteiger partial charge in [-0.3, -0.25) is 4.57 Å². The summed E-state index contributed by atoms with van der Waals surface area (Å²) >= 11 is 6.30. The number of aromatic nitrogens is 4. The van der Waals surface area contributed by atoms with Gasteiger partial charge in [0.15, 0.2) is 5.65 Å². The van der Waals surface area contributed by atoms with E-state index in [9.17, 15) is 0 Å². The molecule has 0 aliphatic carbocycles. The molecular weight excluding hydrogens is 260 g/mol. The van der Waals surface area contributed by atoms with Crippen LogP contribution in [0, 0.1) is 0 Å². The molecule has 0 saturated heterocycles. The standard InChI is InChI=1S/C14H21ClN4/c1-7-14(5,6)10-9-11(17-8-16-10)19(12(15)18-9)13(2,3)4/h8H,7H2,1-6H3. The molecule has 104 valence electrons. The highest BCUT2D eigenvalue weighted by atomic mass is 35.5. The second kappa shape index (κ2) is 4.44. The number of rotatable bonds is 2. The lowest BCUT2D eigenvalue weighted by Gasteiger charge is -2.23. The molecule has 0 aliphatic rings. The average molecular weight is 281 g/mol. The van der Waals surface area contributed by atoms with Crippen LogP contribution in [0.3, 0.4) is 0 Å². The second-order valence-corrected chi connectivity index (χ2v) is 6.86. The Balaban J connectivity index is 2.80. The molecule has 2 heterocycles. The molecule has 0 bridgehead atoms. The molecule has 2 rings (SSSR count). The Kier molecular flexibility index (Phi) is 3.33. The third kappa shape index (κ3) is 2.34. The summed E-state index contributed by atoms with van der Waals surface area (Å²) in [6.07, 6.45) is 2.59. The van der Waals surface area contributed by atoms with Crippen LogP contribution in [0.25, 0.3) is 11.2 Å². The summed E-state index contributed by atoms with van der Waals surface area (Å²) in [6.45, 7) is 12.8. The van der Waals surface area contributed by atoms with Crippen LogP contribution in [0.1, 0.15) is 53.7 Å². The predicted octanol–water partition coefficient (Wildman–Crippen LogP) is 3.92. The predicted molar refractivity (Wildman–Crippen MR) is 78.6 cm³/mol. The molecule has 0 radical (unpaired) electrons. The minimum Gasteiger partial charge on any atom is -0.294 e. The van der Waals surface area contributed by atoms with Gasteiger partial charge in [0.1, 0.15) is 11.8 Å². The highest BCUT2D eigenvalue weighted by Crippen LogP contribution is 2.33. The van der Waals surface area contributed by atoms with E-state index < -0.39 is 0 Å². The fourth-order valence-corrected chi connectivity index (χ4v) is 2.54. The summed E-state index contributed by atoms with van der Waals surface area (Å²) in [7, 11) is 0. The van der Waals surface area contributed by atoms with Gasteiger partial charge in [0.2, 0.25) is 5.28 Å². The second-order valence-electron chi connectivity index (χ2n) is 6.52. The fourth-order valence-electron chi connectivity index (χ4n) is 2.12. The van der Waals surface area contributed by atoms with E-state index >= 15 is 0 Å². The van der Waals surface area contributed by atoms with Crippen molar-refractivity contribution < 1.29 is 0 Å². The van der Waals surface area contributed by atoms with Crippen LogP contribution >= 0.6 is 11.6 Å². The summed E-state index contributed by atoms with van der Waals surface area (Å²) < 4.78 is 1.96. The first kappa shape index (κ1) is 14.3. The number of imidazole rings is 1. The van der Waals surface area contributed by atoms with Crippen molar-refractivity contribution in [3.63, 3.8) is 0 Å². The maximum atomic E-state index is 6.30. The lowest BCUT2D eigenvalue weighted by molar-refractivity contribution is 0.406. The van der Waals surface area contributed by atoms with Crippen LogP contribution in [0.2, 0.25) is 5.28 Å². The highest BCUT2D eigenvalue weighted by molar-refractivity contribution is 6.29. The molecule has 0 fully saturated rings. The Morgan fingerprint density at radius 3 is 2.32 bits per heavy atom. The first-order valence-electron chi connectivity index (χ1n) is 6.58. The van der Waals surface area contributed by atoms with Gasteiger partial charge in [0.25, 0.3) is 0 Å². The molecule has 0 N–H and O–H groups in total. The molecule has 0 saturated carbocycles. The van der Waals surface area contributed by atoms with E-state index in [0.29, 0.717) is 5.28 Å². The first-order valence-corrected chi connectivity index (χ1v) is 6.96. The van der Waals surface area contributed by atoms with Crippen LogP contribution in [0.4, 0.5) is 0 Å². The van der Waals surface area contributed by atoms with Crippen LogP contribution in [0.5, 0.6) is 0 Å². The molecule has 2 aromatic rings. The lowest BCUT2D eigenvalue weighted by Crippen LogP contribution is -2.23. The SMILES string of the molecule is CCC(C)(C)c1ncnc2c1nc(Cl)n2C(C)(C)C. The van der Waals surface area contributed by atoms with Gasteiger partial charge in [0, 0.05) is 11.0 Å². The zero-order valence-electron chi connectivity index (χ0n) is 12.5. The molecule has 0 unspecified atom stereocenters. The van der Waals surface area contributed by atoms with Crippen molar-refractivity contribution in [3.8, 4) is 0 Å². The maximum Gasteiger partial charge on any atom is 0.205 e. The van der Waals surface area contributed by atoms with Crippen molar-refractivity contribution in [2.75, 3.05) is 0 Å². The zero-order chi connectivity index (χ0) is 14.4. The van der Waals surface area contributed by atoms with Gasteiger partial charge in [-0.25, -0.2) is 15.0 Å². The largest absolute Gasteiger partial charge is 0.294 e. The molecule has 0 atom stereocenters. The number of hydrogen-bond acceptors (Lipinski definition) is 3. The Morgan fingerprint density at radius 2 is 1.79 bits per heavy atom. The average Bonchev–Trinajstić information content (AvgIpc) is 2.63. The van der Waals surface area contributed by atoms with Gasteiger partial charge in [-0.2, -0.15) is 0 Å². The first-order chi connectivity index (χ1) is 8.68. The van der Waals surface area contributed by atoms with Gasteiger partial charge >= 0.3 is 0 Å². The normalized spacial score (nSPS) is 13.2. The fraction of sp³-hybridized carbons (Fsp3) is 0.643. The van der Waals surface area contributed by atoms with Crippen LogP contribution < -0.4 is 0 Å². The van der Waals surface area contributed by atoms with Gasteiger partial charge in [-0.1, -0.05) is 20.8 Å². The van der Waals surface area contributed by atoms with Gasteiger partial charge in [-0.15, -0.1) is 0 Å². The van der Waals surface area contributed by atoms with Crippen molar-refractivity contribution in [2.24, 2.45) is 0 Å². The topological polar surface area (TPSA) is 43.6 Å². The smallest absolute Gasteiger partial charge is 0.205 e. The minimum atomic E-state index is -0.159. The van der Waals surface area contributed by atoms with E-state index in [0.717, 1.165) is 23.3 Å². The number of fused-ring (bicyclic) bond motifs is 1. The van der Waals surface area contributed by atoms with Gasteiger partial charge in [-0.05, 0) is 38.8 Å².